The van der Waals surface area contributed by atoms with E-state index >= 15 is 0 Å². The van der Waals surface area contributed by atoms with Gasteiger partial charge < -0.3 is 5.32 Å². The number of hydrogen-bond donors (Lipinski definition) is 2. The minimum Gasteiger partial charge on any atom is -0.384 e. The van der Waals surface area contributed by atoms with Crippen LogP contribution in [0.15, 0.2) is 53.4 Å². The van der Waals surface area contributed by atoms with Crippen molar-refractivity contribution in [2.24, 2.45) is 0 Å². The lowest BCUT2D eigenvalue weighted by atomic mass is 10.2. The second-order valence-electron chi connectivity index (χ2n) is 4.96. The van der Waals surface area contributed by atoms with Gasteiger partial charge in [-0.25, -0.2) is 13.1 Å². The Bertz CT molecular complexity index is 697. The van der Waals surface area contributed by atoms with Crippen LogP contribution < -0.4 is 10.0 Å². The normalized spacial score (nSPS) is 11.3. The van der Waals surface area contributed by atoms with Gasteiger partial charge in [0.2, 0.25) is 10.0 Å². The van der Waals surface area contributed by atoms with E-state index in [4.69, 9.17) is 0 Å². The zero-order chi connectivity index (χ0) is 15.3. The van der Waals surface area contributed by atoms with E-state index in [0.717, 1.165) is 16.8 Å². The summed E-state index contributed by atoms with van der Waals surface area (Å²) in [5.41, 5.74) is 2.79. The van der Waals surface area contributed by atoms with Crippen molar-refractivity contribution in [1.82, 2.24) is 4.72 Å². The van der Waals surface area contributed by atoms with Gasteiger partial charge in [0.05, 0.1) is 4.90 Å². The maximum Gasteiger partial charge on any atom is 0.240 e. The van der Waals surface area contributed by atoms with Gasteiger partial charge in [0, 0.05) is 18.8 Å². The highest BCUT2D eigenvalue weighted by Gasteiger charge is 2.15. The van der Waals surface area contributed by atoms with Crippen LogP contribution in [0.5, 0.6) is 0 Å². The monoisotopic (exact) mass is 304 g/mol. The molecule has 5 heteroatoms. The van der Waals surface area contributed by atoms with E-state index in [9.17, 15) is 8.42 Å². The molecule has 0 aliphatic heterocycles. The maximum atomic E-state index is 12.2. The third-order valence-electron chi connectivity index (χ3n) is 3.14. The molecule has 112 valence electrons. The average molecular weight is 304 g/mol. The van der Waals surface area contributed by atoms with Crippen molar-refractivity contribution < 1.29 is 8.42 Å². The zero-order valence-corrected chi connectivity index (χ0v) is 13.1. The Labute approximate surface area is 126 Å². The maximum absolute atomic E-state index is 12.2. The van der Waals surface area contributed by atoms with Crippen LogP contribution in [-0.2, 0) is 10.0 Å². The van der Waals surface area contributed by atoms with Crippen LogP contribution in [0, 0.1) is 13.8 Å². The molecule has 2 rings (SSSR count). The van der Waals surface area contributed by atoms with Crippen LogP contribution in [-0.4, -0.2) is 21.5 Å². The Balaban J connectivity index is 1.92. The third-order valence-corrected chi connectivity index (χ3v) is 4.76. The summed E-state index contributed by atoms with van der Waals surface area (Å²) in [6, 6.07) is 15.0. The Morgan fingerprint density at radius 1 is 0.952 bits per heavy atom. The highest BCUT2D eigenvalue weighted by molar-refractivity contribution is 7.89. The summed E-state index contributed by atoms with van der Waals surface area (Å²) in [5, 5.41) is 3.17. The molecule has 0 aliphatic carbocycles. The van der Waals surface area contributed by atoms with E-state index in [1.807, 2.05) is 56.3 Å². The number of anilines is 1. The lowest BCUT2D eigenvalue weighted by Gasteiger charge is -2.11. The third kappa shape index (κ3) is 4.31. The molecule has 0 amide bonds. The minimum atomic E-state index is -3.45. The summed E-state index contributed by atoms with van der Waals surface area (Å²) in [4.78, 5) is 0.341. The first-order valence-corrected chi connectivity index (χ1v) is 8.33. The SMILES string of the molecule is Cc1ccc(S(=O)(=O)NCCNc2ccccc2)c(C)c1. The fourth-order valence-electron chi connectivity index (χ4n) is 2.13. The van der Waals surface area contributed by atoms with Crippen LogP contribution in [0.4, 0.5) is 5.69 Å². The topological polar surface area (TPSA) is 58.2 Å². The van der Waals surface area contributed by atoms with E-state index in [1.54, 1.807) is 6.07 Å². The Morgan fingerprint density at radius 3 is 2.33 bits per heavy atom. The van der Waals surface area contributed by atoms with E-state index in [0.29, 0.717) is 18.0 Å². The van der Waals surface area contributed by atoms with Crippen LogP contribution in [0.1, 0.15) is 11.1 Å². The van der Waals surface area contributed by atoms with E-state index in [2.05, 4.69) is 10.0 Å². The molecule has 0 fully saturated rings. The molecule has 0 aliphatic rings. The molecule has 0 bridgehead atoms. The summed E-state index contributed by atoms with van der Waals surface area (Å²) in [5.74, 6) is 0. The standard InChI is InChI=1S/C16H20N2O2S/c1-13-8-9-16(14(2)12-13)21(19,20)18-11-10-17-15-6-4-3-5-7-15/h3-9,12,17-18H,10-11H2,1-2H3. The van der Waals surface area contributed by atoms with Gasteiger partial charge in [-0.1, -0.05) is 35.9 Å². The van der Waals surface area contributed by atoms with E-state index < -0.39 is 10.0 Å². The Kier molecular flexibility index (Phi) is 4.98. The molecule has 2 aromatic rings. The van der Waals surface area contributed by atoms with Gasteiger partial charge in [0.25, 0.3) is 0 Å². The van der Waals surface area contributed by atoms with E-state index in [-0.39, 0.29) is 0 Å². The Morgan fingerprint density at radius 2 is 1.67 bits per heavy atom. The number of benzene rings is 2. The smallest absolute Gasteiger partial charge is 0.240 e. The molecule has 0 saturated carbocycles. The fraction of sp³-hybridized carbons (Fsp3) is 0.250. The van der Waals surface area contributed by atoms with Crippen LogP contribution in [0.25, 0.3) is 0 Å². The van der Waals surface area contributed by atoms with Crippen molar-refractivity contribution >= 4 is 15.7 Å². The van der Waals surface area contributed by atoms with Crippen LogP contribution in [0.3, 0.4) is 0 Å². The number of hydrogen-bond acceptors (Lipinski definition) is 3. The number of nitrogens with one attached hydrogen (secondary N) is 2. The van der Waals surface area contributed by atoms with Gasteiger partial charge in [-0.15, -0.1) is 0 Å². The number of sulfonamides is 1. The van der Waals surface area contributed by atoms with Gasteiger partial charge in [-0.05, 0) is 37.6 Å². The fourth-order valence-corrected chi connectivity index (χ4v) is 3.38. The molecule has 0 spiro atoms. The molecule has 4 nitrogen and oxygen atoms in total. The molecule has 2 aromatic carbocycles. The molecule has 0 unspecified atom stereocenters. The molecule has 0 radical (unpaired) electrons. The van der Waals surface area contributed by atoms with Crippen LogP contribution >= 0.6 is 0 Å². The minimum absolute atomic E-state index is 0.338. The summed E-state index contributed by atoms with van der Waals surface area (Å²) in [6.07, 6.45) is 0. The van der Waals surface area contributed by atoms with Gasteiger partial charge in [-0.3, -0.25) is 0 Å². The second kappa shape index (κ2) is 6.74. The second-order valence-corrected chi connectivity index (χ2v) is 6.69. The molecule has 2 N–H and O–H groups in total. The predicted octanol–water partition coefficient (Wildman–Crippen LogP) is 2.69. The van der Waals surface area contributed by atoms with Crippen molar-refractivity contribution in [2.75, 3.05) is 18.4 Å². The van der Waals surface area contributed by atoms with Crippen molar-refractivity contribution in [1.29, 1.82) is 0 Å². The summed E-state index contributed by atoms with van der Waals surface area (Å²) in [6.45, 7) is 4.63. The molecular formula is C16H20N2O2S. The predicted molar refractivity (Wildman–Crippen MR) is 86.0 cm³/mol. The molecule has 0 atom stereocenters. The van der Waals surface area contributed by atoms with Gasteiger partial charge in [0.1, 0.15) is 0 Å². The van der Waals surface area contributed by atoms with Crippen LogP contribution in [0.2, 0.25) is 0 Å². The highest BCUT2D eigenvalue weighted by atomic mass is 32.2. The van der Waals surface area contributed by atoms with Crippen molar-refractivity contribution in [3.8, 4) is 0 Å². The van der Waals surface area contributed by atoms with Crippen molar-refractivity contribution in [2.45, 2.75) is 18.7 Å². The first kappa shape index (κ1) is 15.5. The summed E-state index contributed by atoms with van der Waals surface area (Å²) >= 11 is 0. The molecule has 0 saturated heterocycles. The van der Waals surface area contributed by atoms with Gasteiger partial charge in [-0.2, -0.15) is 0 Å². The quantitative estimate of drug-likeness (QED) is 0.807. The molecule has 0 heterocycles. The lowest BCUT2D eigenvalue weighted by Crippen LogP contribution is -2.29. The number of rotatable bonds is 6. The number of aryl methyl sites for hydroxylation is 2. The highest BCUT2D eigenvalue weighted by Crippen LogP contribution is 2.16. The largest absolute Gasteiger partial charge is 0.384 e. The summed E-state index contributed by atoms with van der Waals surface area (Å²) < 4.78 is 27.1. The average Bonchev–Trinajstić information content (AvgIpc) is 2.44. The molecule has 0 aromatic heterocycles. The molecular weight excluding hydrogens is 284 g/mol. The summed E-state index contributed by atoms with van der Waals surface area (Å²) in [7, 11) is -3.45. The van der Waals surface area contributed by atoms with Gasteiger partial charge in [0.15, 0.2) is 0 Å². The van der Waals surface area contributed by atoms with Gasteiger partial charge >= 0.3 is 0 Å². The van der Waals surface area contributed by atoms with Crippen molar-refractivity contribution in [3.63, 3.8) is 0 Å². The first-order valence-electron chi connectivity index (χ1n) is 6.85. The first-order chi connectivity index (χ1) is 9.99. The lowest BCUT2D eigenvalue weighted by molar-refractivity contribution is 0.582. The Hall–Kier alpha value is -1.85. The van der Waals surface area contributed by atoms with E-state index in [1.165, 1.54) is 0 Å². The molecule has 21 heavy (non-hydrogen) atoms. The number of para-hydroxylation sites is 1. The zero-order valence-electron chi connectivity index (χ0n) is 12.3. The van der Waals surface area contributed by atoms with Crippen molar-refractivity contribution in [3.05, 3.63) is 59.7 Å².